The van der Waals surface area contributed by atoms with Gasteiger partial charge in [0.15, 0.2) is 4.77 Å². The van der Waals surface area contributed by atoms with E-state index in [-0.39, 0.29) is 0 Å². The summed E-state index contributed by atoms with van der Waals surface area (Å²) in [6, 6.07) is 3.55. The molecule has 1 heterocycles. The molecule has 0 saturated carbocycles. The Kier molecular flexibility index (Phi) is 4.17. The molecule has 0 spiro atoms. The number of benzene rings is 1. The highest BCUT2D eigenvalue weighted by atomic mass is 35.5. The minimum absolute atomic E-state index is 0.517. The van der Waals surface area contributed by atoms with Gasteiger partial charge in [-0.3, -0.25) is 4.57 Å². The zero-order valence-electron chi connectivity index (χ0n) is 11.0. The van der Waals surface area contributed by atoms with Gasteiger partial charge in [0.25, 0.3) is 0 Å². The van der Waals surface area contributed by atoms with E-state index in [4.69, 9.17) is 33.3 Å². The van der Waals surface area contributed by atoms with Gasteiger partial charge in [-0.1, -0.05) is 18.5 Å². The fourth-order valence-electron chi connectivity index (χ4n) is 1.95. The lowest BCUT2D eigenvalue weighted by Gasteiger charge is -2.14. The lowest BCUT2D eigenvalue weighted by Crippen LogP contribution is -2.02. The molecular formula is C13H15ClN2O2S. The van der Waals surface area contributed by atoms with Crippen LogP contribution in [0, 0.1) is 4.77 Å². The Labute approximate surface area is 121 Å². The fourth-order valence-corrected chi connectivity index (χ4v) is 2.46. The molecule has 0 atom stereocenters. The molecule has 2 rings (SSSR count). The van der Waals surface area contributed by atoms with Crippen molar-refractivity contribution in [2.45, 2.75) is 13.3 Å². The largest absolute Gasteiger partial charge is 0.495 e. The molecule has 1 aromatic carbocycles. The van der Waals surface area contributed by atoms with Crippen molar-refractivity contribution >= 4 is 23.8 Å². The van der Waals surface area contributed by atoms with Gasteiger partial charge in [-0.05, 0) is 24.7 Å². The summed E-state index contributed by atoms with van der Waals surface area (Å²) in [6.45, 7) is 2.06. The van der Waals surface area contributed by atoms with E-state index < -0.39 is 0 Å². The van der Waals surface area contributed by atoms with E-state index in [0.717, 1.165) is 17.8 Å². The van der Waals surface area contributed by atoms with E-state index in [9.17, 15) is 0 Å². The van der Waals surface area contributed by atoms with Crippen LogP contribution in [0.25, 0.3) is 5.69 Å². The molecule has 4 nitrogen and oxygen atoms in total. The van der Waals surface area contributed by atoms with Crippen molar-refractivity contribution in [1.82, 2.24) is 9.55 Å². The quantitative estimate of drug-likeness (QED) is 0.873. The molecule has 0 aliphatic heterocycles. The summed E-state index contributed by atoms with van der Waals surface area (Å²) in [5.74, 6) is 1.23. The topological polar surface area (TPSA) is 39.2 Å². The van der Waals surface area contributed by atoms with Crippen molar-refractivity contribution < 1.29 is 9.47 Å². The van der Waals surface area contributed by atoms with Gasteiger partial charge in [0.2, 0.25) is 0 Å². The second kappa shape index (κ2) is 5.67. The number of aromatic amines is 1. The first-order valence-electron chi connectivity index (χ1n) is 5.83. The van der Waals surface area contributed by atoms with Crippen LogP contribution >= 0.6 is 23.8 Å². The third-order valence-corrected chi connectivity index (χ3v) is 3.50. The van der Waals surface area contributed by atoms with Gasteiger partial charge in [-0.2, -0.15) is 0 Å². The number of aromatic nitrogens is 2. The zero-order chi connectivity index (χ0) is 14.0. The number of halogens is 1. The van der Waals surface area contributed by atoms with Crippen molar-refractivity contribution in [2.24, 2.45) is 0 Å². The molecule has 0 aliphatic carbocycles. The lowest BCUT2D eigenvalue weighted by atomic mass is 10.2. The summed E-state index contributed by atoms with van der Waals surface area (Å²) in [4.78, 5) is 3.03. The molecule has 1 aromatic heterocycles. The van der Waals surface area contributed by atoms with Crippen LogP contribution in [0.15, 0.2) is 18.3 Å². The standard InChI is InChI=1S/C13H15ClN2O2S/c1-4-8-7-15-13(19)16(8)10-5-9(14)11(17-2)6-12(10)18-3/h5-7H,4H2,1-3H3,(H,15,19). The van der Waals surface area contributed by atoms with Crippen molar-refractivity contribution in [1.29, 1.82) is 0 Å². The van der Waals surface area contributed by atoms with Crippen LogP contribution in [0.3, 0.4) is 0 Å². The summed E-state index contributed by atoms with van der Waals surface area (Å²) in [7, 11) is 3.17. The minimum Gasteiger partial charge on any atom is -0.495 e. The molecule has 0 aliphatic rings. The maximum absolute atomic E-state index is 6.19. The Balaban J connectivity index is 2.71. The summed E-state index contributed by atoms with van der Waals surface area (Å²) in [5.41, 5.74) is 1.86. The average molecular weight is 299 g/mol. The molecule has 0 bridgehead atoms. The Morgan fingerprint density at radius 2 is 1.95 bits per heavy atom. The van der Waals surface area contributed by atoms with Crippen LogP contribution in [0.4, 0.5) is 0 Å². The Bertz CT molecular complexity index is 649. The smallest absolute Gasteiger partial charge is 0.182 e. The first-order chi connectivity index (χ1) is 9.12. The van der Waals surface area contributed by atoms with Crippen molar-refractivity contribution in [3.8, 4) is 17.2 Å². The van der Waals surface area contributed by atoms with Crippen molar-refractivity contribution in [3.63, 3.8) is 0 Å². The lowest BCUT2D eigenvalue weighted by molar-refractivity contribution is 0.393. The molecule has 2 aromatic rings. The monoisotopic (exact) mass is 298 g/mol. The Morgan fingerprint density at radius 1 is 1.26 bits per heavy atom. The average Bonchev–Trinajstić information content (AvgIpc) is 2.79. The van der Waals surface area contributed by atoms with Crippen molar-refractivity contribution in [2.75, 3.05) is 14.2 Å². The molecular weight excluding hydrogens is 284 g/mol. The molecule has 0 amide bonds. The maximum Gasteiger partial charge on any atom is 0.182 e. The third kappa shape index (κ3) is 2.48. The Hall–Kier alpha value is -1.46. The van der Waals surface area contributed by atoms with Crippen LogP contribution in [0.5, 0.6) is 11.5 Å². The number of hydrogen-bond donors (Lipinski definition) is 1. The second-order valence-electron chi connectivity index (χ2n) is 3.93. The number of rotatable bonds is 4. The van der Waals surface area contributed by atoms with E-state index in [2.05, 4.69) is 11.9 Å². The second-order valence-corrected chi connectivity index (χ2v) is 4.73. The highest BCUT2D eigenvalue weighted by Crippen LogP contribution is 2.35. The maximum atomic E-state index is 6.19. The first-order valence-corrected chi connectivity index (χ1v) is 6.62. The van der Waals surface area contributed by atoms with E-state index in [1.54, 1.807) is 26.4 Å². The fraction of sp³-hybridized carbons (Fsp3) is 0.308. The summed E-state index contributed by atoms with van der Waals surface area (Å²) >= 11 is 11.5. The third-order valence-electron chi connectivity index (χ3n) is 2.91. The van der Waals surface area contributed by atoms with Gasteiger partial charge < -0.3 is 14.5 Å². The molecule has 102 valence electrons. The number of H-pyrrole nitrogens is 1. The summed E-state index contributed by atoms with van der Waals surface area (Å²) in [6.07, 6.45) is 2.74. The normalized spacial score (nSPS) is 10.5. The molecule has 0 saturated heterocycles. The predicted octanol–water partition coefficient (Wildman–Crippen LogP) is 3.77. The SMILES string of the molecule is CCc1c[nH]c(=S)n1-c1cc(Cl)c(OC)cc1OC. The Morgan fingerprint density at radius 3 is 2.53 bits per heavy atom. The van der Waals surface area contributed by atoms with E-state index in [0.29, 0.717) is 21.3 Å². The van der Waals surface area contributed by atoms with E-state index in [1.807, 2.05) is 10.8 Å². The summed E-state index contributed by atoms with van der Waals surface area (Å²) < 4.78 is 13.1. The minimum atomic E-state index is 0.517. The highest BCUT2D eigenvalue weighted by Gasteiger charge is 2.14. The van der Waals surface area contributed by atoms with Gasteiger partial charge >= 0.3 is 0 Å². The molecule has 6 heteroatoms. The first kappa shape index (κ1) is 14.0. The molecule has 1 N–H and O–H groups in total. The summed E-state index contributed by atoms with van der Waals surface area (Å²) in [5, 5.41) is 0.517. The van der Waals surface area contributed by atoms with Crippen LogP contribution in [-0.2, 0) is 6.42 Å². The van der Waals surface area contributed by atoms with Crippen molar-refractivity contribution in [3.05, 3.63) is 33.8 Å². The number of ether oxygens (including phenoxy) is 2. The molecule has 0 unspecified atom stereocenters. The van der Waals surface area contributed by atoms with Gasteiger partial charge in [-0.25, -0.2) is 0 Å². The number of nitrogens with one attached hydrogen (secondary N) is 1. The van der Waals surface area contributed by atoms with Gasteiger partial charge in [0.05, 0.1) is 24.9 Å². The van der Waals surface area contributed by atoms with Crippen LogP contribution in [0.1, 0.15) is 12.6 Å². The van der Waals surface area contributed by atoms with Gasteiger partial charge in [0, 0.05) is 18.0 Å². The van der Waals surface area contributed by atoms with Gasteiger partial charge in [0.1, 0.15) is 11.5 Å². The predicted molar refractivity (Wildman–Crippen MR) is 78.4 cm³/mol. The molecule has 0 fully saturated rings. The van der Waals surface area contributed by atoms with E-state index in [1.165, 1.54) is 0 Å². The number of nitrogens with zero attached hydrogens (tertiary/aromatic N) is 1. The highest BCUT2D eigenvalue weighted by molar-refractivity contribution is 7.71. The van der Waals surface area contributed by atoms with Crippen LogP contribution in [-0.4, -0.2) is 23.8 Å². The number of methoxy groups -OCH3 is 2. The number of aryl methyl sites for hydroxylation is 1. The molecule has 0 radical (unpaired) electrons. The number of imidazole rings is 1. The van der Waals surface area contributed by atoms with E-state index >= 15 is 0 Å². The van der Waals surface area contributed by atoms with Gasteiger partial charge in [-0.15, -0.1) is 0 Å². The molecule has 19 heavy (non-hydrogen) atoms. The van der Waals surface area contributed by atoms with Crippen LogP contribution < -0.4 is 9.47 Å². The zero-order valence-corrected chi connectivity index (χ0v) is 12.6. The number of hydrogen-bond acceptors (Lipinski definition) is 3. The van der Waals surface area contributed by atoms with Crippen LogP contribution in [0.2, 0.25) is 5.02 Å².